The van der Waals surface area contributed by atoms with E-state index < -0.39 is 6.10 Å². The summed E-state index contributed by atoms with van der Waals surface area (Å²) in [5.74, 6) is 0.167. The first-order valence-corrected chi connectivity index (χ1v) is 10.5. The van der Waals surface area contributed by atoms with Crippen molar-refractivity contribution in [3.8, 4) is 0 Å². The molecule has 1 heterocycles. The molecular formula is C24H31FN2O3. The zero-order valence-electron chi connectivity index (χ0n) is 17.7. The van der Waals surface area contributed by atoms with Gasteiger partial charge in [0.1, 0.15) is 11.9 Å². The van der Waals surface area contributed by atoms with Gasteiger partial charge in [-0.15, -0.1) is 0 Å². The first kappa shape index (κ1) is 22.4. The summed E-state index contributed by atoms with van der Waals surface area (Å²) in [6.07, 6.45) is 0.00806. The molecular weight excluding hydrogens is 383 g/mol. The molecule has 0 aromatic heterocycles. The average Bonchev–Trinajstić information content (AvgIpc) is 3.18. The molecule has 2 aromatic rings. The van der Waals surface area contributed by atoms with Gasteiger partial charge in [-0.25, -0.2) is 4.39 Å². The number of rotatable bonds is 11. The fraction of sp³-hybridized carbons (Fsp3) is 0.458. The minimum atomic E-state index is -0.611. The lowest BCUT2D eigenvalue weighted by atomic mass is 10.0. The number of hydrogen-bond acceptors (Lipinski definition) is 5. The molecule has 2 aromatic carbocycles. The summed E-state index contributed by atoms with van der Waals surface area (Å²) in [5.41, 5.74) is 2.98. The number of benzene rings is 2. The van der Waals surface area contributed by atoms with Crippen molar-refractivity contribution in [3.05, 3.63) is 71.5 Å². The third kappa shape index (κ3) is 7.20. The Morgan fingerprint density at radius 1 is 1.13 bits per heavy atom. The molecule has 30 heavy (non-hydrogen) atoms. The molecule has 1 N–H and O–H groups in total. The Bertz CT molecular complexity index is 796. The van der Waals surface area contributed by atoms with E-state index in [1.54, 1.807) is 12.1 Å². The molecule has 6 heteroatoms. The van der Waals surface area contributed by atoms with Crippen molar-refractivity contribution >= 4 is 5.71 Å². The lowest BCUT2D eigenvalue weighted by molar-refractivity contribution is -0.00734. The minimum absolute atomic E-state index is 0.0931. The highest BCUT2D eigenvalue weighted by Gasteiger charge is 2.25. The molecule has 3 rings (SSSR count). The molecule has 0 radical (unpaired) electrons. The number of hydrogen-bond donors (Lipinski definition) is 1. The Kier molecular flexibility index (Phi) is 8.37. The smallest absolute Gasteiger partial charge is 0.145 e. The summed E-state index contributed by atoms with van der Waals surface area (Å²) < 4.78 is 18.9. The normalized spacial score (nSPS) is 17.3. The molecule has 0 bridgehead atoms. The van der Waals surface area contributed by atoms with Gasteiger partial charge in [0.2, 0.25) is 0 Å². The monoisotopic (exact) mass is 414 g/mol. The summed E-state index contributed by atoms with van der Waals surface area (Å²) >= 11 is 0. The van der Waals surface area contributed by atoms with E-state index in [4.69, 9.17) is 9.57 Å². The first-order valence-electron chi connectivity index (χ1n) is 10.5. The fourth-order valence-electron chi connectivity index (χ4n) is 3.46. The summed E-state index contributed by atoms with van der Waals surface area (Å²) in [6.45, 7) is 6.70. The van der Waals surface area contributed by atoms with E-state index in [-0.39, 0.29) is 18.5 Å². The number of aliphatic hydroxyl groups is 1. The molecule has 0 saturated heterocycles. The molecule has 0 unspecified atom stereocenters. The molecule has 1 aliphatic rings. The van der Waals surface area contributed by atoms with Gasteiger partial charge in [-0.05, 0) is 29.2 Å². The number of halogens is 1. The summed E-state index contributed by atoms with van der Waals surface area (Å²) in [4.78, 5) is 7.79. The van der Waals surface area contributed by atoms with Crippen molar-refractivity contribution in [2.45, 2.75) is 39.0 Å². The summed E-state index contributed by atoms with van der Waals surface area (Å²) in [7, 11) is 0. The second kappa shape index (κ2) is 11.2. The van der Waals surface area contributed by atoms with Gasteiger partial charge in [0.25, 0.3) is 0 Å². The van der Waals surface area contributed by atoms with Crippen LogP contribution in [0.1, 0.15) is 31.4 Å². The Morgan fingerprint density at radius 3 is 2.57 bits per heavy atom. The molecule has 2 atom stereocenters. The first-order chi connectivity index (χ1) is 14.5. The highest BCUT2D eigenvalue weighted by molar-refractivity contribution is 6.01. The standard InChI is InChI=1S/C24H31FN2O3/c1-18(2)16-29-17-22(28)14-27(13-19-8-10-21(25)11-9-19)15-23-12-24(26-30-23)20-6-4-3-5-7-20/h3-11,18,22-23,28H,12-17H2,1-2H3/t22-,23-/m1/s1. The molecule has 1 aliphatic heterocycles. The van der Waals surface area contributed by atoms with Gasteiger partial charge in [0.15, 0.2) is 0 Å². The van der Waals surface area contributed by atoms with Crippen LogP contribution in [0.3, 0.4) is 0 Å². The van der Waals surface area contributed by atoms with E-state index in [1.807, 2.05) is 30.3 Å². The van der Waals surface area contributed by atoms with Crippen molar-refractivity contribution in [2.24, 2.45) is 11.1 Å². The molecule has 0 saturated carbocycles. The Hall–Kier alpha value is -2.28. The maximum Gasteiger partial charge on any atom is 0.145 e. The van der Waals surface area contributed by atoms with E-state index in [0.29, 0.717) is 38.6 Å². The van der Waals surface area contributed by atoms with E-state index in [0.717, 1.165) is 16.8 Å². The molecule has 0 spiro atoms. The Morgan fingerprint density at radius 2 is 1.87 bits per heavy atom. The summed E-state index contributed by atoms with van der Waals surface area (Å²) in [5, 5.41) is 14.7. The van der Waals surface area contributed by atoms with Gasteiger partial charge in [0, 0.05) is 32.7 Å². The predicted octanol–water partition coefficient (Wildman–Crippen LogP) is 3.85. The van der Waals surface area contributed by atoms with Gasteiger partial charge >= 0.3 is 0 Å². The van der Waals surface area contributed by atoms with Crippen LogP contribution in [0.25, 0.3) is 0 Å². The van der Waals surface area contributed by atoms with Crippen LogP contribution in [0.4, 0.5) is 4.39 Å². The van der Waals surface area contributed by atoms with Crippen LogP contribution in [-0.2, 0) is 16.1 Å². The van der Waals surface area contributed by atoms with Crippen LogP contribution in [0, 0.1) is 11.7 Å². The quantitative estimate of drug-likeness (QED) is 0.607. The van der Waals surface area contributed by atoms with Crippen LogP contribution in [0.2, 0.25) is 0 Å². The van der Waals surface area contributed by atoms with Crippen molar-refractivity contribution in [2.75, 3.05) is 26.3 Å². The number of aliphatic hydroxyl groups excluding tert-OH is 1. The maximum absolute atomic E-state index is 13.3. The third-order valence-electron chi connectivity index (χ3n) is 4.85. The van der Waals surface area contributed by atoms with Crippen LogP contribution < -0.4 is 0 Å². The zero-order valence-corrected chi connectivity index (χ0v) is 17.7. The van der Waals surface area contributed by atoms with Gasteiger partial charge in [-0.3, -0.25) is 4.90 Å². The van der Waals surface area contributed by atoms with Crippen molar-refractivity contribution in [1.82, 2.24) is 4.90 Å². The third-order valence-corrected chi connectivity index (χ3v) is 4.85. The Labute approximate surface area is 178 Å². The maximum atomic E-state index is 13.3. The van der Waals surface area contributed by atoms with E-state index >= 15 is 0 Å². The second-order valence-corrected chi connectivity index (χ2v) is 8.24. The number of nitrogens with zero attached hydrogens (tertiary/aromatic N) is 2. The van der Waals surface area contributed by atoms with Crippen LogP contribution in [0.15, 0.2) is 59.8 Å². The average molecular weight is 415 g/mol. The highest BCUT2D eigenvalue weighted by Crippen LogP contribution is 2.19. The molecule has 0 amide bonds. The molecule has 0 fully saturated rings. The van der Waals surface area contributed by atoms with Crippen LogP contribution in [0.5, 0.6) is 0 Å². The lowest BCUT2D eigenvalue weighted by Crippen LogP contribution is -2.39. The largest absolute Gasteiger partial charge is 0.390 e. The predicted molar refractivity (Wildman–Crippen MR) is 116 cm³/mol. The van der Waals surface area contributed by atoms with Gasteiger partial charge in [-0.2, -0.15) is 0 Å². The lowest BCUT2D eigenvalue weighted by Gasteiger charge is -2.27. The van der Waals surface area contributed by atoms with Gasteiger partial charge in [0.05, 0.1) is 18.4 Å². The van der Waals surface area contributed by atoms with E-state index in [1.165, 1.54) is 12.1 Å². The number of ether oxygens (including phenoxy) is 1. The van der Waals surface area contributed by atoms with Crippen molar-refractivity contribution in [1.29, 1.82) is 0 Å². The van der Waals surface area contributed by atoms with Crippen molar-refractivity contribution in [3.63, 3.8) is 0 Å². The zero-order chi connectivity index (χ0) is 21.3. The second-order valence-electron chi connectivity index (χ2n) is 8.24. The van der Waals surface area contributed by atoms with Crippen molar-refractivity contribution < 1.29 is 19.1 Å². The fourth-order valence-corrected chi connectivity index (χ4v) is 3.46. The SMILES string of the molecule is CC(C)COC[C@H](O)CN(Cc1ccc(F)cc1)C[C@H]1CC(c2ccccc2)=NO1. The molecule has 0 aliphatic carbocycles. The number of oxime groups is 1. The van der Waals surface area contributed by atoms with Crippen LogP contribution >= 0.6 is 0 Å². The highest BCUT2D eigenvalue weighted by atomic mass is 19.1. The molecule has 162 valence electrons. The molecule has 5 nitrogen and oxygen atoms in total. The summed E-state index contributed by atoms with van der Waals surface area (Å²) in [6, 6.07) is 16.4. The van der Waals surface area contributed by atoms with E-state index in [9.17, 15) is 9.50 Å². The minimum Gasteiger partial charge on any atom is -0.390 e. The van der Waals surface area contributed by atoms with E-state index in [2.05, 4.69) is 23.9 Å². The van der Waals surface area contributed by atoms with Crippen LogP contribution in [-0.4, -0.2) is 54.2 Å². The van der Waals surface area contributed by atoms with Gasteiger partial charge in [-0.1, -0.05) is 61.5 Å². The topological polar surface area (TPSA) is 54.3 Å². The van der Waals surface area contributed by atoms with Gasteiger partial charge < -0.3 is 14.7 Å². The Balaban J connectivity index is 1.58.